The van der Waals surface area contributed by atoms with Crippen molar-refractivity contribution < 1.29 is 9.90 Å². The number of amides is 1. The van der Waals surface area contributed by atoms with Crippen molar-refractivity contribution in [2.45, 2.75) is 56.6 Å². The molecule has 0 unspecified atom stereocenters. The van der Waals surface area contributed by atoms with Crippen LogP contribution in [0.2, 0.25) is 0 Å². The Hall–Kier alpha value is -3.71. The van der Waals surface area contributed by atoms with Crippen molar-refractivity contribution in [1.82, 2.24) is 19.0 Å². The quantitative estimate of drug-likeness (QED) is 0.428. The zero-order valence-electron chi connectivity index (χ0n) is 21.6. The average Bonchev–Trinajstić information content (AvgIpc) is 3.40. The first-order valence-corrected chi connectivity index (χ1v) is 13.7. The van der Waals surface area contributed by atoms with E-state index in [1.807, 2.05) is 52.1 Å². The van der Waals surface area contributed by atoms with E-state index in [1.165, 1.54) is 16.5 Å². The lowest BCUT2D eigenvalue weighted by Gasteiger charge is -2.41. The van der Waals surface area contributed by atoms with Gasteiger partial charge in [-0.3, -0.25) is 14.2 Å². The number of piperidine rings is 1. The second-order valence-corrected chi connectivity index (χ2v) is 10.9. The summed E-state index contributed by atoms with van der Waals surface area (Å²) in [5.74, 6) is 0.473. The van der Waals surface area contributed by atoms with Crippen molar-refractivity contribution in [3.8, 4) is 5.69 Å². The van der Waals surface area contributed by atoms with E-state index >= 15 is 0 Å². The lowest BCUT2D eigenvalue weighted by Crippen LogP contribution is -2.51. The molecule has 0 bridgehead atoms. The van der Waals surface area contributed by atoms with Crippen molar-refractivity contribution >= 4 is 16.9 Å². The number of carbonyl (C=O) groups excluding carboxylic acids is 1. The Morgan fingerprint density at radius 2 is 1.63 bits per heavy atom. The minimum atomic E-state index is -1.05. The number of aromatic nitrogens is 3. The van der Waals surface area contributed by atoms with Gasteiger partial charge in [-0.25, -0.2) is 4.98 Å². The Kier molecular flexibility index (Phi) is 6.62. The van der Waals surface area contributed by atoms with Crippen LogP contribution in [0, 0.1) is 5.92 Å². The summed E-state index contributed by atoms with van der Waals surface area (Å²) in [5, 5.41) is 11.9. The minimum Gasteiger partial charge on any atom is -0.388 e. The third-order valence-corrected chi connectivity index (χ3v) is 8.49. The predicted octanol–water partition coefficient (Wildman–Crippen LogP) is 4.51. The van der Waals surface area contributed by atoms with Crippen LogP contribution >= 0.6 is 0 Å². The molecular formula is C31H34N4O3. The summed E-state index contributed by atoms with van der Waals surface area (Å²) >= 11 is 0. The lowest BCUT2D eigenvalue weighted by atomic mass is 9.74. The second kappa shape index (κ2) is 10.2. The topological polar surface area (TPSA) is 80.4 Å². The molecule has 3 heterocycles. The summed E-state index contributed by atoms with van der Waals surface area (Å²) in [6, 6.07) is 22.0. The number of likely N-dealkylation sites (tertiary alicyclic amines) is 1. The molecule has 2 atom stereocenters. The molecule has 7 nitrogen and oxygen atoms in total. The lowest BCUT2D eigenvalue weighted by molar-refractivity contribution is -0.142. The summed E-state index contributed by atoms with van der Waals surface area (Å²) < 4.78 is 3.41. The number of aliphatic hydroxyl groups is 1. The van der Waals surface area contributed by atoms with Crippen molar-refractivity contribution in [3.63, 3.8) is 0 Å². The molecule has 2 aliphatic rings. The second-order valence-electron chi connectivity index (χ2n) is 10.9. The van der Waals surface area contributed by atoms with Gasteiger partial charge in [-0.05, 0) is 55.4 Å². The molecule has 1 aliphatic heterocycles. The summed E-state index contributed by atoms with van der Waals surface area (Å²) in [7, 11) is 0. The molecule has 0 radical (unpaired) electrons. The van der Waals surface area contributed by atoms with Gasteiger partial charge in [-0.2, -0.15) is 0 Å². The highest BCUT2D eigenvalue weighted by Crippen LogP contribution is 2.39. The number of hydrogen-bond acceptors (Lipinski definition) is 4. The van der Waals surface area contributed by atoms with Crippen LogP contribution < -0.4 is 5.56 Å². The molecule has 0 spiro atoms. The third-order valence-electron chi connectivity index (χ3n) is 8.49. The molecule has 1 N–H and O–H groups in total. The van der Waals surface area contributed by atoms with Gasteiger partial charge in [0.1, 0.15) is 6.33 Å². The summed E-state index contributed by atoms with van der Waals surface area (Å²) in [4.78, 5) is 33.4. The van der Waals surface area contributed by atoms with E-state index in [2.05, 4.69) is 29.2 Å². The molecule has 7 heteroatoms. The van der Waals surface area contributed by atoms with Gasteiger partial charge in [0.25, 0.3) is 5.56 Å². The maximum atomic E-state index is 13.6. The van der Waals surface area contributed by atoms with Crippen molar-refractivity contribution in [2.75, 3.05) is 13.1 Å². The van der Waals surface area contributed by atoms with Crippen molar-refractivity contribution in [2.24, 2.45) is 5.92 Å². The van der Waals surface area contributed by atoms with Gasteiger partial charge in [0, 0.05) is 30.9 Å². The Labute approximate surface area is 222 Å². The number of hydrogen-bond donors (Lipinski definition) is 1. The van der Waals surface area contributed by atoms with E-state index < -0.39 is 5.60 Å². The molecule has 1 saturated heterocycles. The van der Waals surface area contributed by atoms with Gasteiger partial charge in [-0.15, -0.1) is 0 Å². The number of carbonyl (C=O) groups is 1. The first-order chi connectivity index (χ1) is 18.5. The van der Waals surface area contributed by atoms with Crippen LogP contribution in [-0.4, -0.2) is 48.7 Å². The van der Waals surface area contributed by atoms with E-state index in [9.17, 15) is 14.7 Å². The van der Waals surface area contributed by atoms with E-state index in [0.717, 1.165) is 31.4 Å². The van der Waals surface area contributed by atoms with Crippen LogP contribution in [0.15, 0.2) is 84.0 Å². The molecule has 1 aliphatic carbocycles. The zero-order chi connectivity index (χ0) is 26.1. The van der Waals surface area contributed by atoms with Gasteiger partial charge >= 0.3 is 0 Å². The van der Waals surface area contributed by atoms with Crippen molar-refractivity contribution in [1.29, 1.82) is 0 Å². The first kappa shape index (κ1) is 24.6. The fourth-order valence-corrected chi connectivity index (χ4v) is 6.34. The van der Waals surface area contributed by atoms with Gasteiger partial charge in [-0.1, -0.05) is 61.4 Å². The highest BCUT2D eigenvalue weighted by atomic mass is 16.3. The number of rotatable bonds is 5. The fourth-order valence-electron chi connectivity index (χ4n) is 6.34. The molecule has 196 valence electrons. The molecule has 2 fully saturated rings. The van der Waals surface area contributed by atoms with Crippen LogP contribution in [0.5, 0.6) is 0 Å². The molecule has 38 heavy (non-hydrogen) atoms. The van der Waals surface area contributed by atoms with E-state index in [0.29, 0.717) is 37.0 Å². The molecule has 2 aromatic carbocycles. The van der Waals surface area contributed by atoms with Gasteiger partial charge in [0.2, 0.25) is 5.91 Å². The number of benzene rings is 2. The van der Waals surface area contributed by atoms with Gasteiger partial charge in [0.05, 0.1) is 17.5 Å². The highest BCUT2D eigenvalue weighted by molar-refractivity contribution is 5.80. The predicted molar refractivity (Wildman–Crippen MR) is 147 cm³/mol. The highest BCUT2D eigenvalue weighted by Gasteiger charge is 2.39. The van der Waals surface area contributed by atoms with E-state index in [4.69, 9.17) is 0 Å². The SMILES string of the molecule is O=C([C@H]1CCCC[C@@H]1c1ccccc1)N1CCC(O)(Cn2cnc3c(ccn3-c3ccccc3)c2=O)CC1. The fraction of sp³-hybridized carbons (Fsp3) is 0.387. The summed E-state index contributed by atoms with van der Waals surface area (Å²) in [6.07, 6.45) is 8.48. The number of fused-ring (bicyclic) bond motifs is 1. The normalized spacial score (nSPS) is 21.4. The van der Waals surface area contributed by atoms with Gasteiger partial charge in [0.15, 0.2) is 5.65 Å². The molecule has 4 aromatic rings. The molecule has 2 aromatic heterocycles. The Balaban J connectivity index is 1.15. The molecule has 6 rings (SSSR count). The van der Waals surface area contributed by atoms with Crippen LogP contribution in [-0.2, 0) is 11.3 Å². The maximum Gasteiger partial charge on any atom is 0.262 e. The van der Waals surface area contributed by atoms with E-state index in [-0.39, 0.29) is 29.8 Å². The Bertz CT molecular complexity index is 1470. The van der Waals surface area contributed by atoms with E-state index in [1.54, 1.807) is 6.07 Å². The van der Waals surface area contributed by atoms with Gasteiger partial charge < -0.3 is 14.6 Å². The largest absolute Gasteiger partial charge is 0.388 e. The summed E-state index contributed by atoms with van der Waals surface area (Å²) in [5.41, 5.74) is 1.58. The number of para-hydroxylation sites is 1. The maximum absolute atomic E-state index is 13.6. The first-order valence-electron chi connectivity index (χ1n) is 13.7. The Morgan fingerprint density at radius 1 is 0.947 bits per heavy atom. The van der Waals surface area contributed by atoms with Crippen molar-refractivity contribution in [3.05, 3.63) is 95.2 Å². The minimum absolute atomic E-state index is 0.000204. The third kappa shape index (κ3) is 4.67. The molecular weight excluding hydrogens is 476 g/mol. The molecule has 1 saturated carbocycles. The van der Waals surface area contributed by atoms with Crippen LogP contribution in [0.3, 0.4) is 0 Å². The monoisotopic (exact) mass is 510 g/mol. The van der Waals surface area contributed by atoms with Crippen LogP contribution in [0.4, 0.5) is 0 Å². The molecule has 1 amide bonds. The summed E-state index contributed by atoms with van der Waals surface area (Å²) in [6.45, 7) is 1.17. The average molecular weight is 511 g/mol. The van der Waals surface area contributed by atoms with Crippen LogP contribution in [0.1, 0.15) is 50.0 Å². The standard InChI is InChI=1S/C31H34N4O3/c36-29(26-14-8-7-13-25(26)23-9-3-1-4-10-23)33-19-16-31(38,17-20-33)21-34-22-32-28-27(30(34)37)15-18-35(28)24-11-5-2-6-12-24/h1-6,9-12,15,18,22,25-26,38H,7-8,13-14,16-17,19-21H2/t25-,26+/m1/s1. The Morgan fingerprint density at radius 3 is 2.37 bits per heavy atom. The zero-order valence-corrected chi connectivity index (χ0v) is 21.6. The number of nitrogens with zero attached hydrogens (tertiary/aromatic N) is 4. The smallest absolute Gasteiger partial charge is 0.262 e. The van der Waals surface area contributed by atoms with Crippen LogP contribution in [0.25, 0.3) is 16.7 Å².